The molecule has 0 aliphatic heterocycles. The third kappa shape index (κ3) is 6.37. The van der Waals surface area contributed by atoms with Crippen LogP contribution < -0.4 is 10.6 Å². The van der Waals surface area contributed by atoms with E-state index in [1.165, 1.54) is 6.42 Å². The van der Waals surface area contributed by atoms with Gasteiger partial charge in [0.05, 0.1) is 11.0 Å². The molecular formula is C23H32N2O3S. The van der Waals surface area contributed by atoms with Gasteiger partial charge in [-0.2, -0.15) is 0 Å². The van der Waals surface area contributed by atoms with Crippen molar-refractivity contribution in [1.29, 1.82) is 0 Å². The van der Waals surface area contributed by atoms with E-state index < -0.39 is 21.3 Å². The summed E-state index contributed by atoms with van der Waals surface area (Å²) in [5.41, 5.74) is 1.15. The van der Waals surface area contributed by atoms with E-state index in [-0.39, 0.29) is 12.5 Å². The summed E-state index contributed by atoms with van der Waals surface area (Å²) >= 11 is 0. The lowest BCUT2D eigenvalue weighted by molar-refractivity contribution is 0.161. The van der Waals surface area contributed by atoms with Gasteiger partial charge < -0.3 is 10.4 Å². The summed E-state index contributed by atoms with van der Waals surface area (Å²) in [6.45, 7) is 1.33. The van der Waals surface area contributed by atoms with Crippen LogP contribution in [0.4, 0.5) is 0 Å². The summed E-state index contributed by atoms with van der Waals surface area (Å²) in [7, 11) is -3.50. The molecule has 0 heterocycles. The number of aliphatic hydroxyl groups is 1. The highest BCUT2D eigenvalue weighted by atomic mass is 32.2. The molecule has 6 heteroatoms. The quantitative estimate of drug-likeness (QED) is 0.555. The fraction of sp³-hybridized carbons (Fsp3) is 0.478. The average Bonchev–Trinajstić information content (AvgIpc) is 2.76. The molecule has 0 aromatic heterocycles. The molecule has 29 heavy (non-hydrogen) atoms. The van der Waals surface area contributed by atoms with Crippen LogP contribution in [0.2, 0.25) is 0 Å². The van der Waals surface area contributed by atoms with Crippen molar-refractivity contribution in [3.05, 3.63) is 66.2 Å². The zero-order chi connectivity index (χ0) is 20.5. The lowest BCUT2D eigenvalue weighted by Crippen LogP contribution is -2.47. The maximum atomic E-state index is 13.3. The van der Waals surface area contributed by atoms with Gasteiger partial charge in [0.2, 0.25) is 0 Å². The molecule has 2 atom stereocenters. The molecule has 2 aromatic carbocycles. The smallest absolute Gasteiger partial charge is 0.194 e. The Bertz CT molecular complexity index is 822. The Morgan fingerprint density at radius 1 is 0.897 bits per heavy atom. The molecule has 158 valence electrons. The maximum Gasteiger partial charge on any atom is 0.194 e. The predicted molar refractivity (Wildman–Crippen MR) is 116 cm³/mol. The number of hydrogen-bond donors (Lipinski definition) is 3. The Hall–Kier alpha value is -1.73. The third-order valence-electron chi connectivity index (χ3n) is 5.59. The number of sulfone groups is 1. The molecule has 2 aromatic rings. The highest BCUT2D eigenvalue weighted by Crippen LogP contribution is 2.31. The molecule has 1 aliphatic carbocycles. The normalized spacial score (nSPS) is 17.7. The maximum absolute atomic E-state index is 13.3. The topological polar surface area (TPSA) is 78.4 Å². The van der Waals surface area contributed by atoms with E-state index in [2.05, 4.69) is 10.6 Å². The zero-order valence-corrected chi connectivity index (χ0v) is 17.7. The average molecular weight is 417 g/mol. The standard InChI is InChI=1S/C23H32N2O3S/c26-21(17-24-16-19-10-4-1-5-11-19)18-25-23(20-12-6-2-7-13-20)29(27,28)22-14-8-3-9-15-22/h1,3-5,8-11,14-15,20-21,23-26H,2,6-7,12-13,16-18H2/t21-,23+/m1/s1. The van der Waals surface area contributed by atoms with Crippen molar-refractivity contribution in [2.45, 2.75) is 55.0 Å². The minimum Gasteiger partial charge on any atom is -0.390 e. The second-order valence-corrected chi connectivity index (χ2v) is 9.92. The summed E-state index contributed by atoms with van der Waals surface area (Å²) in [5, 5.41) is 16.2. The van der Waals surface area contributed by atoms with Crippen LogP contribution in [0.5, 0.6) is 0 Å². The minimum atomic E-state index is -3.50. The Kier molecular flexibility index (Phi) is 8.24. The first kappa shape index (κ1) is 22.0. The Labute approximate surface area is 174 Å². The fourth-order valence-corrected chi connectivity index (χ4v) is 5.95. The summed E-state index contributed by atoms with van der Waals surface area (Å²) in [4.78, 5) is 0.347. The highest BCUT2D eigenvalue weighted by Gasteiger charge is 2.35. The van der Waals surface area contributed by atoms with E-state index in [1.807, 2.05) is 36.4 Å². The largest absolute Gasteiger partial charge is 0.390 e. The molecule has 0 saturated heterocycles. The highest BCUT2D eigenvalue weighted by molar-refractivity contribution is 7.92. The Morgan fingerprint density at radius 2 is 1.52 bits per heavy atom. The van der Waals surface area contributed by atoms with E-state index in [1.54, 1.807) is 24.3 Å². The van der Waals surface area contributed by atoms with Gasteiger partial charge in [0, 0.05) is 19.6 Å². The van der Waals surface area contributed by atoms with Crippen molar-refractivity contribution in [3.63, 3.8) is 0 Å². The SMILES string of the molecule is O=S(=O)(c1ccccc1)[C@H](NC[C@H](O)CNCc1ccccc1)C1CCCCC1. The molecule has 5 nitrogen and oxygen atoms in total. The number of benzene rings is 2. The van der Waals surface area contributed by atoms with Crippen molar-refractivity contribution in [3.8, 4) is 0 Å². The second-order valence-electron chi connectivity index (χ2n) is 7.86. The van der Waals surface area contributed by atoms with Gasteiger partial charge in [-0.25, -0.2) is 8.42 Å². The van der Waals surface area contributed by atoms with Crippen LogP contribution in [0.1, 0.15) is 37.7 Å². The summed E-state index contributed by atoms with van der Waals surface area (Å²) in [6.07, 6.45) is 4.46. The van der Waals surface area contributed by atoms with Crippen LogP contribution in [0.3, 0.4) is 0 Å². The van der Waals surface area contributed by atoms with E-state index in [0.29, 0.717) is 18.0 Å². The molecule has 0 amide bonds. The summed E-state index contributed by atoms with van der Waals surface area (Å²) < 4.78 is 26.6. The third-order valence-corrected chi connectivity index (χ3v) is 7.74. The summed E-state index contributed by atoms with van der Waals surface area (Å²) in [6, 6.07) is 18.7. The van der Waals surface area contributed by atoms with Gasteiger partial charge in [0.1, 0.15) is 5.37 Å². The van der Waals surface area contributed by atoms with E-state index in [0.717, 1.165) is 31.2 Å². The second kappa shape index (κ2) is 10.9. The molecule has 0 radical (unpaired) electrons. The minimum absolute atomic E-state index is 0.0819. The number of nitrogens with one attached hydrogen (secondary N) is 2. The van der Waals surface area contributed by atoms with E-state index >= 15 is 0 Å². The first-order chi connectivity index (χ1) is 14.1. The predicted octanol–water partition coefficient (Wildman–Crippen LogP) is 3.11. The lowest BCUT2D eigenvalue weighted by Gasteiger charge is -2.31. The van der Waals surface area contributed by atoms with Crippen molar-refractivity contribution < 1.29 is 13.5 Å². The first-order valence-corrected chi connectivity index (χ1v) is 12.1. The van der Waals surface area contributed by atoms with Crippen LogP contribution in [0.25, 0.3) is 0 Å². The molecule has 3 rings (SSSR count). The van der Waals surface area contributed by atoms with E-state index in [4.69, 9.17) is 0 Å². The van der Waals surface area contributed by atoms with Gasteiger partial charge >= 0.3 is 0 Å². The zero-order valence-electron chi connectivity index (χ0n) is 16.8. The molecule has 0 spiro atoms. The van der Waals surface area contributed by atoms with Crippen LogP contribution >= 0.6 is 0 Å². The van der Waals surface area contributed by atoms with Gasteiger partial charge in [0.25, 0.3) is 0 Å². The van der Waals surface area contributed by atoms with Crippen molar-refractivity contribution >= 4 is 9.84 Å². The van der Waals surface area contributed by atoms with Crippen LogP contribution in [0.15, 0.2) is 65.6 Å². The summed E-state index contributed by atoms with van der Waals surface area (Å²) in [5.74, 6) is 0.0819. The first-order valence-electron chi connectivity index (χ1n) is 10.5. The molecule has 0 bridgehead atoms. The van der Waals surface area contributed by atoms with Gasteiger partial charge in [0.15, 0.2) is 9.84 Å². The van der Waals surface area contributed by atoms with Crippen LogP contribution in [-0.2, 0) is 16.4 Å². The van der Waals surface area contributed by atoms with Crippen molar-refractivity contribution in [2.75, 3.05) is 13.1 Å². The fourth-order valence-electron chi connectivity index (χ4n) is 4.03. The molecule has 1 aliphatic rings. The number of rotatable bonds is 10. The van der Waals surface area contributed by atoms with Gasteiger partial charge in [-0.05, 0) is 36.5 Å². The molecule has 1 saturated carbocycles. The van der Waals surface area contributed by atoms with Crippen LogP contribution in [-0.4, -0.2) is 38.1 Å². The molecule has 3 N–H and O–H groups in total. The van der Waals surface area contributed by atoms with Crippen molar-refractivity contribution in [2.24, 2.45) is 5.92 Å². The number of hydrogen-bond acceptors (Lipinski definition) is 5. The van der Waals surface area contributed by atoms with Crippen LogP contribution in [0, 0.1) is 5.92 Å². The monoisotopic (exact) mass is 416 g/mol. The van der Waals surface area contributed by atoms with Crippen molar-refractivity contribution in [1.82, 2.24) is 10.6 Å². The Morgan fingerprint density at radius 3 is 2.17 bits per heavy atom. The molecule has 0 unspecified atom stereocenters. The van der Waals surface area contributed by atoms with E-state index in [9.17, 15) is 13.5 Å². The van der Waals surface area contributed by atoms with Gasteiger partial charge in [-0.1, -0.05) is 67.8 Å². The molecule has 1 fully saturated rings. The number of aliphatic hydroxyl groups excluding tert-OH is 1. The lowest BCUT2D eigenvalue weighted by atomic mass is 9.89. The Balaban J connectivity index is 1.59. The van der Waals surface area contributed by atoms with Gasteiger partial charge in [-0.15, -0.1) is 0 Å². The van der Waals surface area contributed by atoms with Gasteiger partial charge in [-0.3, -0.25) is 5.32 Å². The molecular weight excluding hydrogens is 384 g/mol.